The predicted octanol–water partition coefficient (Wildman–Crippen LogP) is 3.59. The number of benzene rings is 1. The molecule has 2 N–H and O–H groups in total. The van der Waals surface area contributed by atoms with E-state index in [0.717, 1.165) is 16.9 Å². The van der Waals surface area contributed by atoms with E-state index >= 15 is 0 Å². The number of nitrogens with zero attached hydrogens (tertiary/aromatic N) is 1. The van der Waals surface area contributed by atoms with Gasteiger partial charge in [0, 0.05) is 11.1 Å². The molecule has 0 fully saturated rings. The molecule has 106 valence electrons. The molecule has 0 saturated carbocycles. The van der Waals surface area contributed by atoms with Crippen molar-refractivity contribution in [3.8, 4) is 0 Å². The van der Waals surface area contributed by atoms with E-state index in [0.29, 0.717) is 11.6 Å². The number of hydrogen-bond acceptors (Lipinski definition) is 4. The van der Waals surface area contributed by atoms with Gasteiger partial charge in [-0.15, -0.1) is 11.3 Å². The standard InChI is InChI=1S/C15H19N3OS/c1-4-12(17-13-8-6-5-7-10(13)2)14(19)18-15-16-11(3)9-20-15/h5-9,12,17H,4H2,1-3H3,(H,16,18,19)/t12-/m0/s1. The molecule has 1 aromatic heterocycles. The lowest BCUT2D eigenvalue weighted by atomic mass is 10.1. The van der Waals surface area contributed by atoms with E-state index < -0.39 is 0 Å². The van der Waals surface area contributed by atoms with E-state index in [1.165, 1.54) is 11.3 Å². The first-order valence-electron chi connectivity index (χ1n) is 6.65. The molecular weight excluding hydrogens is 270 g/mol. The van der Waals surface area contributed by atoms with Gasteiger partial charge in [-0.1, -0.05) is 25.1 Å². The number of amides is 1. The largest absolute Gasteiger partial charge is 0.373 e. The fraction of sp³-hybridized carbons (Fsp3) is 0.333. The highest BCUT2D eigenvalue weighted by Crippen LogP contribution is 2.18. The van der Waals surface area contributed by atoms with Gasteiger partial charge in [-0.25, -0.2) is 4.98 Å². The topological polar surface area (TPSA) is 54.0 Å². The van der Waals surface area contributed by atoms with Crippen LogP contribution in [0.25, 0.3) is 0 Å². The average Bonchev–Trinajstić information content (AvgIpc) is 2.83. The molecule has 0 aliphatic heterocycles. The summed E-state index contributed by atoms with van der Waals surface area (Å²) in [6.45, 7) is 5.93. The third-order valence-electron chi connectivity index (χ3n) is 3.05. The van der Waals surface area contributed by atoms with Crippen molar-refractivity contribution in [1.29, 1.82) is 0 Å². The Hall–Kier alpha value is -1.88. The quantitative estimate of drug-likeness (QED) is 0.884. The Balaban J connectivity index is 2.04. The number of aryl methyl sites for hydroxylation is 2. The Morgan fingerprint density at radius 1 is 1.35 bits per heavy atom. The lowest BCUT2D eigenvalue weighted by molar-refractivity contribution is -0.116. The Kier molecular flexibility index (Phi) is 4.74. The fourth-order valence-corrected chi connectivity index (χ4v) is 2.57. The number of nitrogens with one attached hydrogen (secondary N) is 2. The molecule has 1 aromatic carbocycles. The summed E-state index contributed by atoms with van der Waals surface area (Å²) in [5, 5.41) is 8.72. The average molecular weight is 289 g/mol. The van der Waals surface area contributed by atoms with E-state index in [-0.39, 0.29) is 11.9 Å². The second kappa shape index (κ2) is 6.52. The zero-order valence-electron chi connectivity index (χ0n) is 11.9. The van der Waals surface area contributed by atoms with E-state index in [1.54, 1.807) is 0 Å². The highest BCUT2D eigenvalue weighted by molar-refractivity contribution is 7.13. The summed E-state index contributed by atoms with van der Waals surface area (Å²) in [4.78, 5) is 16.5. The summed E-state index contributed by atoms with van der Waals surface area (Å²) in [6.07, 6.45) is 0.713. The van der Waals surface area contributed by atoms with Crippen LogP contribution < -0.4 is 10.6 Å². The summed E-state index contributed by atoms with van der Waals surface area (Å²) in [7, 11) is 0. The van der Waals surface area contributed by atoms with Crippen LogP contribution in [-0.2, 0) is 4.79 Å². The SMILES string of the molecule is CC[C@H](Nc1ccccc1C)C(=O)Nc1nc(C)cs1. The molecule has 0 saturated heterocycles. The number of carbonyl (C=O) groups is 1. The second-order valence-electron chi connectivity index (χ2n) is 4.70. The van der Waals surface area contributed by atoms with Crippen LogP contribution in [0.3, 0.4) is 0 Å². The minimum absolute atomic E-state index is 0.0508. The molecule has 2 rings (SSSR count). The van der Waals surface area contributed by atoms with E-state index in [4.69, 9.17) is 0 Å². The van der Waals surface area contributed by atoms with Gasteiger partial charge in [-0.3, -0.25) is 4.79 Å². The lowest BCUT2D eigenvalue weighted by Crippen LogP contribution is -2.34. The summed E-state index contributed by atoms with van der Waals surface area (Å²) in [5.41, 5.74) is 3.04. The lowest BCUT2D eigenvalue weighted by Gasteiger charge is -2.18. The van der Waals surface area contributed by atoms with Crippen LogP contribution in [-0.4, -0.2) is 16.9 Å². The van der Waals surface area contributed by atoms with Crippen LogP contribution >= 0.6 is 11.3 Å². The Bertz CT molecular complexity index is 594. The maximum Gasteiger partial charge on any atom is 0.248 e. The second-order valence-corrected chi connectivity index (χ2v) is 5.56. The molecule has 0 bridgehead atoms. The number of aromatic nitrogens is 1. The van der Waals surface area contributed by atoms with E-state index in [1.807, 2.05) is 50.4 Å². The van der Waals surface area contributed by atoms with Crippen LogP contribution in [0.2, 0.25) is 0 Å². The van der Waals surface area contributed by atoms with Crippen molar-refractivity contribution in [3.05, 3.63) is 40.9 Å². The van der Waals surface area contributed by atoms with Crippen molar-refractivity contribution in [3.63, 3.8) is 0 Å². The van der Waals surface area contributed by atoms with Crippen molar-refractivity contribution >= 4 is 28.1 Å². The minimum atomic E-state index is -0.264. The first-order valence-corrected chi connectivity index (χ1v) is 7.53. The molecule has 1 atom stereocenters. The number of anilines is 2. The van der Waals surface area contributed by atoms with Gasteiger partial charge < -0.3 is 10.6 Å². The van der Waals surface area contributed by atoms with Crippen molar-refractivity contribution in [2.75, 3.05) is 10.6 Å². The van der Waals surface area contributed by atoms with Gasteiger partial charge in [-0.05, 0) is 31.9 Å². The molecule has 0 aliphatic rings. The molecule has 1 heterocycles. The number of rotatable bonds is 5. The van der Waals surface area contributed by atoms with Crippen LogP contribution in [0.5, 0.6) is 0 Å². The predicted molar refractivity (Wildman–Crippen MR) is 84.4 cm³/mol. The molecule has 0 aliphatic carbocycles. The Morgan fingerprint density at radius 2 is 2.10 bits per heavy atom. The number of carbonyl (C=O) groups excluding carboxylic acids is 1. The Morgan fingerprint density at radius 3 is 2.70 bits per heavy atom. The maximum atomic E-state index is 12.3. The van der Waals surface area contributed by atoms with Crippen molar-refractivity contribution in [1.82, 2.24) is 4.98 Å². The third kappa shape index (κ3) is 3.57. The third-order valence-corrected chi connectivity index (χ3v) is 3.92. The van der Waals surface area contributed by atoms with Crippen molar-refractivity contribution in [2.24, 2.45) is 0 Å². The van der Waals surface area contributed by atoms with Gasteiger partial charge in [0.1, 0.15) is 6.04 Å². The van der Waals surface area contributed by atoms with Gasteiger partial charge in [0.05, 0.1) is 5.69 Å². The zero-order valence-corrected chi connectivity index (χ0v) is 12.8. The van der Waals surface area contributed by atoms with Gasteiger partial charge in [0.2, 0.25) is 5.91 Å². The van der Waals surface area contributed by atoms with Crippen LogP contribution in [0, 0.1) is 13.8 Å². The highest BCUT2D eigenvalue weighted by atomic mass is 32.1. The molecular formula is C15H19N3OS. The minimum Gasteiger partial charge on any atom is -0.373 e. The summed E-state index contributed by atoms with van der Waals surface area (Å²) in [6, 6.07) is 7.69. The first-order chi connectivity index (χ1) is 9.60. The monoisotopic (exact) mass is 289 g/mol. The Labute approximate surface area is 123 Å². The van der Waals surface area contributed by atoms with Gasteiger partial charge in [-0.2, -0.15) is 0 Å². The van der Waals surface area contributed by atoms with Crippen LogP contribution in [0.1, 0.15) is 24.6 Å². The smallest absolute Gasteiger partial charge is 0.248 e. The van der Waals surface area contributed by atoms with Gasteiger partial charge in [0.15, 0.2) is 5.13 Å². The number of thiazole rings is 1. The molecule has 2 aromatic rings. The van der Waals surface area contributed by atoms with Crippen LogP contribution in [0.4, 0.5) is 10.8 Å². The molecule has 5 heteroatoms. The summed E-state index contributed by atoms with van der Waals surface area (Å²) in [5.74, 6) is -0.0508. The number of hydrogen-bond donors (Lipinski definition) is 2. The highest BCUT2D eigenvalue weighted by Gasteiger charge is 2.17. The van der Waals surface area contributed by atoms with Crippen LogP contribution in [0.15, 0.2) is 29.6 Å². The molecule has 20 heavy (non-hydrogen) atoms. The van der Waals surface area contributed by atoms with Gasteiger partial charge in [0.25, 0.3) is 0 Å². The normalized spacial score (nSPS) is 11.9. The molecule has 4 nitrogen and oxygen atoms in total. The van der Waals surface area contributed by atoms with Crippen molar-refractivity contribution in [2.45, 2.75) is 33.2 Å². The van der Waals surface area contributed by atoms with E-state index in [9.17, 15) is 4.79 Å². The fourth-order valence-electron chi connectivity index (χ4n) is 1.88. The summed E-state index contributed by atoms with van der Waals surface area (Å²) >= 11 is 1.44. The zero-order chi connectivity index (χ0) is 14.5. The number of para-hydroxylation sites is 1. The van der Waals surface area contributed by atoms with E-state index in [2.05, 4.69) is 15.6 Å². The molecule has 0 radical (unpaired) electrons. The molecule has 1 amide bonds. The van der Waals surface area contributed by atoms with Gasteiger partial charge >= 0.3 is 0 Å². The van der Waals surface area contributed by atoms with Crippen molar-refractivity contribution < 1.29 is 4.79 Å². The summed E-state index contributed by atoms with van der Waals surface area (Å²) < 4.78 is 0. The first kappa shape index (κ1) is 14.5. The molecule has 0 spiro atoms. The maximum absolute atomic E-state index is 12.3. The molecule has 0 unspecified atom stereocenters.